The van der Waals surface area contributed by atoms with Crippen LogP contribution in [0.4, 0.5) is 11.4 Å². The molecule has 0 spiro atoms. The van der Waals surface area contributed by atoms with E-state index in [0.29, 0.717) is 0 Å². The first-order valence-electron chi connectivity index (χ1n) is 21.3. The lowest BCUT2D eigenvalue weighted by Crippen LogP contribution is -2.37. The first-order valence-corrected chi connectivity index (χ1v) is 22.9. The highest BCUT2D eigenvalue weighted by Gasteiger charge is 2.38. The van der Waals surface area contributed by atoms with E-state index in [1.54, 1.807) is 0 Å². The van der Waals surface area contributed by atoms with Crippen LogP contribution in [0.25, 0.3) is 79.0 Å². The SMILES string of the molecule is CC(C)(C)c1ccc(Nc2cc3c(cc2-c2ccc4c5cc6sc7ccccc7c6cc5n5c4c2Bc2cc4c(cc2-5)sc2ccccc24)C(C)(C)CCC3(C)C)cc1. The normalized spacial score (nSPS) is 15.6. The van der Waals surface area contributed by atoms with E-state index in [2.05, 4.69) is 180 Å². The van der Waals surface area contributed by atoms with Gasteiger partial charge in [0.25, 0.3) is 0 Å². The van der Waals surface area contributed by atoms with Crippen molar-refractivity contribution in [2.24, 2.45) is 0 Å². The fourth-order valence-electron chi connectivity index (χ4n) is 10.6. The average molecular weight is 799 g/mol. The summed E-state index contributed by atoms with van der Waals surface area (Å²) in [4.78, 5) is 0. The molecule has 0 saturated heterocycles. The van der Waals surface area contributed by atoms with Crippen LogP contribution in [0.2, 0.25) is 0 Å². The predicted octanol–water partition coefficient (Wildman–Crippen LogP) is 14.3. The zero-order valence-electron chi connectivity index (χ0n) is 34.9. The van der Waals surface area contributed by atoms with E-state index in [1.807, 2.05) is 22.7 Å². The summed E-state index contributed by atoms with van der Waals surface area (Å²) in [6.45, 7) is 16.7. The highest BCUT2D eigenvalue weighted by atomic mass is 32.1. The summed E-state index contributed by atoms with van der Waals surface area (Å²) in [5.41, 5.74) is 16.3. The van der Waals surface area contributed by atoms with Crippen LogP contribution in [0.15, 0.2) is 121 Å². The monoisotopic (exact) mass is 798 g/mol. The summed E-state index contributed by atoms with van der Waals surface area (Å²) in [7, 11) is 0.876. The van der Waals surface area contributed by atoms with Gasteiger partial charge in [-0.25, -0.2) is 0 Å². The van der Waals surface area contributed by atoms with E-state index in [9.17, 15) is 0 Å². The number of anilines is 2. The van der Waals surface area contributed by atoms with E-state index in [4.69, 9.17) is 0 Å². The lowest BCUT2D eigenvalue weighted by molar-refractivity contribution is 0.332. The van der Waals surface area contributed by atoms with Gasteiger partial charge in [-0.05, 0) is 117 Å². The fourth-order valence-corrected chi connectivity index (χ4v) is 12.8. The molecule has 12 rings (SSSR count). The zero-order chi connectivity index (χ0) is 40.2. The Bertz CT molecular complexity index is 3420. The molecule has 59 heavy (non-hydrogen) atoms. The largest absolute Gasteiger partial charge is 0.355 e. The molecule has 288 valence electrons. The van der Waals surface area contributed by atoms with Gasteiger partial charge in [-0.2, -0.15) is 0 Å². The molecule has 0 atom stereocenters. The highest BCUT2D eigenvalue weighted by molar-refractivity contribution is 7.26. The molecular weight excluding hydrogens is 752 g/mol. The molecule has 2 nitrogen and oxygen atoms in total. The molecule has 3 aromatic heterocycles. The number of hydrogen-bond acceptors (Lipinski definition) is 3. The summed E-state index contributed by atoms with van der Waals surface area (Å²) in [5.74, 6) is 0. The van der Waals surface area contributed by atoms with Crippen molar-refractivity contribution in [2.45, 2.75) is 77.6 Å². The molecule has 1 aliphatic carbocycles. The van der Waals surface area contributed by atoms with E-state index in [-0.39, 0.29) is 16.2 Å². The molecule has 10 aromatic rings. The van der Waals surface area contributed by atoms with Gasteiger partial charge in [0.2, 0.25) is 0 Å². The number of rotatable bonds is 3. The lowest BCUT2D eigenvalue weighted by atomic mass is 9.58. The van der Waals surface area contributed by atoms with Crippen LogP contribution in [-0.4, -0.2) is 11.8 Å². The third-order valence-corrected chi connectivity index (χ3v) is 16.3. The molecule has 2 aliphatic rings. The second-order valence-corrected chi connectivity index (χ2v) is 21.9. The van der Waals surface area contributed by atoms with Crippen molar-refractivity contribution in [3.8, 4) is 16.8 Å². The highest BCUT2D eigenvalue weighted by Crippen LogP contribution is 2.50. The van der Waals surface area contributed by atoms with E-state index >= 15 is 0 Å². The summed E-state index contributed by atoms with van der Waals surface area (Å²) < 4.78 is 8.04. The number of aromatic nitrogens is 1. The lowest BCUT2D eigenvalue weighted by Gasteiger charge is -2.42. The van der Waals surface area contributed by atoms with Crippen molar-refractivity contribution >= 4 is 114 Å². The van der Waals surface area contributed by atoms with Crippen molar-refractivity contribution < 1.29 is 0 Å². The van der Waals surface area contributed by atoms with Crippen molar-refractivity contribution in [3.63, 3.8) is 0 Å². The number of hydrogen-bond donors (Lipinski definition) is 1. The summed E-state index contributed by atoms with van der Waals surface area (Å²) in [6.07, 6.45) is 2.36. The molecule has 0 unspecified atom stereocenters. The van der Waals surface area contributed by atoms with Crippen LogP contribution < -0.4 is 16.2 Å². The van der Waals surface area contributed by atoms with E-state index < -0.39 is 0 Å². The van der Waals surface area contributed by atoms with Crippen LogP contribution in [-0.2, 0) is 16.2 Å². The molecule has 7 aromatic carbocycles. The maximum absolute atomic E-state index is 4.01. The Balaban J connectivity index is 1.16. The van der Waals surface area contributed by atoms with Crippen molar-refractivity contribution in [1.82, 2.24) is 4.57 Å². The molecule has 0 bridgehead atoms. The minimum absolute atomic E-state index is 0.0788. The standard InChI is InChI=1S/C54H47BN2S2/c1-52(2,3)30-16-18-31(19-17-30)56-43-28-41-40(53(4,5)22-23-54(41,6)7)24-36(43)34-20-21-35-37-27-48-39(33-13-9-11-15-47(33)58-48)26-44(37)57-45-29-49-38(25-42(45)55-50(34)51(35)57)32-12-8-10-14-46(32)59-49/h8-21,24-29,55-56H,22-23H2,1-7H3. The van der Waals surface area contributed by atoms with Crippen LogP contribution in [0.1, 0.15) is 78.0 Å². The molecule has 1 aliphatic heterocycles. The Labute approximate surface area is 354 Å². The predicted molar refractivity (Wildman–Crippen MR) is 262 cm³/mol. The number of nitrogens with one attached hydrogen (secondary N) is 1. The Morgan fingerprint density at radius 1 is 0.576 bits per heavy atom. The maximum Gasteiger partial charge on any atom is 0.198 e. The quantitative estimate of drug-likeness (QED) is 0.176. The molecule has 1 N–H and O–H groups in total. The van der Waals surface area contributed by atoms with Gasteiger partial charge in [0, 0.05) is 73.9 Å². The number of benzene rings is 7. The van der Waals surface area contributed by atoms with Gasteiger partial charge in [-0.1, -0.05) is 121 Å². The molecular formula is C54H47BN2S2. The maximum atomic E-state index is 4.01. The first kappa shape index (κ1) is 35.6. The van der Waals surface area contributed by atoms with Crippen LogP contribution in [0.5, 0.6) is 0 Å². The van der Waals surface area contributed by atoms with Crippen molar-refractivity contribution in [1.29, 1.82) is 0 Å². The number of thiophene rings is 2. The summed E-state index contributed by atoms with van der Waals surface area (Å²) in [5, 5.41) is 12.1. The minimum Gasteiger partial charge on any atom is -0.355 e. The van der Waals surface area contributed by atoms with Gasteiger partial charge in [-0.3, -0.25) is 0 Å². The Hall–Kier alpha value is -5.36. The third-order valence-electron chi connectivity index (χ3n) is 14.0. The second kappa shape index (κ2) is 12.1. The molecule has 4 heterocycles. The third kappa shape index (κ3) is 5.23. The Morgan fingerprint density at radius 3 is 1.88 bits per heavy atom. The van der Waals surface area contributed by atoms with Gasteiger partial charge in [0.1, 0.15) is 0 Å². The Kier molecular flexibility index (Phi) is 7.31. The van der Waals surface area contributed by atoms with E-state index in [0.717, 1.165) is 13.0 Å². The van der Waals surface area contributed by atoms with Crippen LogP contribution in [0.3, 0.4) is 0 Å². The second-order valence-electron chi connectivity index (χ2n) is 19.7. The molecule has 5 heteroatoms. The van der Waals surface area contributed by atoms with E-state index in [1.165, 1.54) is 125 Å². The first-order chi connectivity index (χ1) is 28.3. The average Bonchev–Trinajstić information content (AvgIpc) is 3.87. The minimum atomic E-state index is 0.0788. The molecule has 0 saturated carbocycles. The Morgan fingerprint density at radius 2 is 1.20 bits per heavy atom. The van der Waals surface area contributed by atoms with Gasteiger partial charge in [-0.15, -0.1) is 22.7 Å². The number of nitrogens with zero attached hydrogens (tertiary/aromatic N) is 1. The molecule has 0 radical (unpaired) electrons. The van der Waals surface area contributed by atoms with Gasteiger partial charge < -0.3 is 9.88 Å². The topological polar surface area (TPSA) is 17.0 Å². The smallest absolute Gasteiger partial charge is 0.198 e. The zero-order valence-corrected chi connectivity index (χ0v) is 36.6. The van der Waals surface area contributed by atoms with Crippen LogP contribution in [0, 0.1) is 0 Å². The molecule has 0 fully saturated rings. The van der Waals surface area contributed by atoms with Gasteiger partial charge in [0.15, 0.2) is 7.28 Å². The van der Waals surface area contributed by atoms with Crippen LogP contribution >= 0.6 is 22.7 Å². The van der Waals surface area contributed by atoms with Gasteiger partial charge in [0.05, 0.1) is 5.52 Å². The molecule has 0 amide bonds. The summed E-state index contributed by atoms with van der Waals surface area (Å²) in [6, 6.07) is 47.0. The number of fused-ring (bicyclic) bond motifs is 12. The van der Waals surface area contributed by atoms with Crippen molar-refractivity contribution in [2.75, 3.05) is 5.32 Å². The van der Waals surface area contributed by atoms with Gasteiger partial charge >= 0.3 is 0 Å². The fraction of sp³-hybridized carbons (Fsp3) is 0.222. The summed E-state index contributed by atoms with van der Waals surface area (Å²) >= 11 is 3.83. The van der Waals surface area contributed by atoms with Crippen molar-refractivity contribution in [3.05, 3.63) is 138 Å².